The third-order valence-electron chi connectivity index (χ3n) is 4.87. The Kier molecular flexibility index (Phi) is 5.49. The molecule has 0 bridgehead atoms. The number of pyridine rings is 1. The van der Waals surface area contributed by atoms with Gasteiger partial charge in [0.25, 0.3) is 0 Å². The maximum Gasteiger partial charge on any atom is 0.410 e. The lowest BCUT2D eigenvalue weighted by molar-refractivity contribution is -0.138. The Morgan fingerprint density at radius 2 is 1.77 bits per heavy atom. The molecule has 1 saturated heterocycles. The molecule has 0 aromatic carbocycles. The van der Waals surface area contributed by atoms with Crippen molar-refractivity contribution in [2.45, 2.75) is 64.6 Å². The first-order valence-corrected chi connectivity index (χ1v) is 9.51. The summed E-state index contributed by atoms with van der Waals surface area (Å²) in [7, 11) is 0. The van der Waals surface area contributed by atoms with Gasteiger partial charge in [-0.15, -0.1) is 0 Å². The molecule has 26 heavy (non-hydrogen) atoms. The van der Waals surface area contributed by atoms with Crippen LogP contribution in [-0.2, 0) is 16.1 Å². The Balaban J connectivity index is 1.56. The number of ether oxygens (including phenoxy) is 1. The van der Waals surface area contributed by atoms with Crippen molar-refractivity contribution in [2.75, 3.05) is 13.1 Å². The molecule has 0 atom stereocenters. The van der Waals surface area contributed by atoms with Gasteiger partial charge < -0.3 is 14.5 Å². The van der Waals surface area contributed by atoms with E-state index >= 15 is 0 Å². The minimum Gasteiger partial charge on any atom is -0.444 e. The van der Waals surface area contributed by atoms with Crippen molar-refractivity contribution in [3.8, 4) is 0 Å². The molecule has 3 rings (SSSR count). The van der Waals surface area contributed by atoms with Gasteiger partial charge in [0, 0.05) is 44.0 Å². The number of piperidine rings is 1. The van der Waals surface area contributed by atoms with Crippen LogP contribution >= 0.6 is 0 Å². The van der Waals surface area contributed by atoms with Crippen molar-refractivity contribution in [3.05, 3.63) is 30.1 Å². The number of hydrogen-bond donors (Lipinski definition) is 0. The second-order valence-electron chi connectivity index (χ2n) is 8.29. The van der Waals surface area contributed by atoms with E-state index in [1.54, 1.807) is 17.3 Å². The van der Waals surface area contributed by atoms with Crippen molar-refractivity contribution < 1.29 is 14.3 Å². The molecule has 1 saturated carbocycles. The summed E-state index contributed by atoms with van der Waals surface area (Å²) in [5.41, 5.74) is 0.628. The zero-order valence-electron chi connectivity index (χ0n) is 16.0. The fourth-order valence-electron chi connectivity index (χ4n) is 3.33. The van der Waals surface area contributed by atoms with Gasteiger partial charge in [-0.3, -0.25) is 9.78 Å². The van der Waals surface area contributed by atoms with Gasteiger partial charge in [0.05, 0.1) is 0 Å². The van der Waals surface area contributed by atoms with Crippen molar-refractivity contribution in [2.24, 2.45) is 5.92 Å². The minimum absolute atomic E-state index is 0.00359. The molecule has 1 aliphatic heterocycles. The molecular weight excluding hydrogens is 330 g/mol. The molecule has 0 spiro atoms. The monoisotopic (exact) mass is 359 g/mol. The molecular formula is C20H29N3O3. The SMILES string of the molecule is CC(C)(C)OC(=O)N1CCC(C(=O)N(Cc2ccncc2)C2CC2)CC1. The maximum atomic E-state index is 13.1. The number of rotatable bonds is 4. The Bertz CT molecular complexity index is 629. The van der Waals surface area contributed by atoms with E-state index in [1.165, 1.54) is 0 Å². The van der Waals surface area contributed by atoms with Crippen molar-refractivity contribution in [3.63, 3.8) is 0 Å². The molecule has 2 amide bonds. The highest BCUT2D eigenvalue weighted by Crippen LogP contribution is 2.32. The third-order valence-corrected chi connectivity index (χ3v) is 4.87. The Morgan fingerprint density at radius 1 is 1.15 bits per heavy atom. The maximum absolute atomic E-state index is 13.1. The summed E-state index contributed by atoms with van der Waals surface area (Å²) in [6.45, 7) is 7.42. The zero-order chi connectivity index (χ0) is 18.7. The van der Waals surface area contributed by atoms with Crippen LogP contribution < -0.4 is 0 Å². The molecule has 1 aliphatic carbocycles. The van der Waals surface area contributed by atoms with Gasteiger partial charge in [0.1, 0.15) is 5.60 Å². The lowest BCUT2D eigenvalue weighted by Gasteiger charge is -2.35. The van der Waals surface area contributed by atoms with E-state index in [0.29, 0.717) is 38.5 Å². The van der Waals surface area contributed by atoms with Gasteiger partial charge >= 0.3 is 6.09 Å². The average molecular weight is 359 g/mol. The summed E-state index contributed by atoms with van der Waals surface area (Å²) in [6, 6.07) is 4.31. The van der Waals surface area contributed by atoms with E-state index in [-0.39, 0.29) is 17.9 Å². The summed E-state index contributed by atoms with van der Waals surface area (Å²) in [5, 5.41) is 0. The predicted molar refractivity (Wildman–Crippen MR) is 98.3 cm³/mol. The van der Waals surface area contributed by atoms with E-state index in [4.69, 9.17) is 4.74 Å². The second-order valence-corrected chi connectivity index (χ2v) is 8.29. The molecule has 2 heterocycles. The van der Waals surface area contributed by atoms with Crippen LogP contribution in [0.2, 0.25) is 0 Å². The molecule has 2 aliphatic rings. The number of carbonyl (C=O) groups excluding carboxylic acids is 2. The van der Waals surface area contributed by atoms with Crippen molar-refractivity contribution in [1.29, 1.82) is 0 Å². The van der Waals surface area contributed by atoms with E-state index in [2.05, 4.69) is 4.98 Å². The molecule has 1 aromatic heterocycles. The number of aromatic nitrogens is 1. The molecule has 0 N–H and O–H groups in total. The standard InChI is InChI=1S/C20H29N3O3/c1-20(2,3)26-19(25)22-12-8-16(9-13-22)18(24)23(17-4-5-17)14-15-6-10-21-11-7-15/h6-7,10-11,16-17H,4-5,8-9,12-14H2,1-3H3. The van der Waals surface area contributed by atoms with Gasteiger partial charge in [-0.05, 0) is 64.2 Å². The Hall–Kier alpha value is -2.11. The first-order chi connectivity index (χ1) is 12.3. The average Bonchev–Trinajstić information content (AvgIpc) is 3.43. The van der Waals surface area contributed by atoms with E-state index in [0.717, 1.165) is 18.4 Å². The number of likely N-dealkylation sites (tertiary alicyclic amines) is 1. The van der Waals surface area contributed by atoms with Gasteiger partial charge in [0.15, 0.2) is 0 Å². The number of amides is 2. The summed E-state index contributed by atoms with van der Waals surface area (Å²) >= 11 is 0. The summed E-state index contributed by atoms with van der Waals surface area (Å²) in [4.78, 5) is 33.0. The topological polar surface area (TPSA) is 62.7 Å². The lowest BCUT2D eigenvalue weighted by atomic mass is 9.95. The van der Waals surface area contributed by atoms with Crippen LogP contribution in [0.3, 0.4) is 0 Å². The Morgan fingerprint density at radius 3 is 2.31 bits per heavy atom. The summed E-state index contributed by atoms with van der Waals surface area (Å²) in [6.07, 6.45) is 6.85. The van der Waals surface area contributed by atoms with Crippen molar-refractivity contribution in [1.82, 2.24) is 14.8 Å². The summed E-state index contributed by atoms with van der Waals surface area (Å²) in [5.74, 6) is 0.226. The molecule has 6 nitrogen and oxygen atoms in total. The fraction of sp³-hybridized carbons (Fsp3) is 0.650. The Labute approximate surface area is 155 Å². The van der Waals surface area contributed by atoms with Gasteiger partial charge in [0.2, 0.25) is 5.91 Å². The first-order valence-electron chi connectivity index (χ1n) is 9.51. The molecule has 2 fully saturated rings. The smallest absolute Gasteiger partial charge is 0.410 e. The van der Waals surface area contributed by atoms with Gasteiger partial charge in [-0.25, -0.2) is 4.79 Å². The molecule has 0 radical (unpaired) electrons. The summed E-state index contributed by atoms with van der Waals surface area (Å²) < 4.78 is 5.43. The van der Waals surface area contributed by atoms with Crippen molar-refractivity contribution >= 4 is 12.0 Å². The zero-order valence-corrected chi connectivity index (χ0v) is 16.0. The normalized spacial score (nSPS) is 18.5. The van der Waals surface area contributed by atoms with Crippen LogP contribution in [0.1, 0.15) is 52.0 Å². The van der Waals surface area contributed by atoms with Crippen LogP contribution in [-0.4, -0.2) is 51.5 Å². The highest BCUT2D eigenvalue weighted by molar-refractivity contribution is 5.80. The molecule has 6 heteroatoms. The van der Waals surface area contributed by atoms with E-state index < -0.39 is 5.60 Å². The quantitative estimate of drug-likeness (QED) is 0.828. The van der Waals surface area contributed by atoms with Crippen LogP contribution in [0, 0.1) is 5.92 Å². The highest BCUT2D eigenvalue weighted by Gasteiger charge is 2.37. The third kappa shape index (κ3) is 4.96. The predicted octanol–water partition coefficient (Wildman–Crippen LogP) is 3.22. The van der Waals surface area contributed by atoms with E-state index in [9.17, 15) is 9.59 Å². The van der Waals surface area contributed by atoms with Crippen LogP contribution in [0.5, 0.6) is 0 Å². The molecule has 0 unspecified atom stereocenters. The first kappa shape index (κ1) is 18.7. The fourth-order valence-corrected chi connectivity index (χ4v) is 3.33. The number of carbonyl (C=O) groups is 2. The minimum atomic E-state index is -0.489. The lowest BCUT2D eigenvalue weighted by Crippen LogP contribution is -2.46. The second kappa shape index (κ2) is 7.64. The number of hydrogen-bond acceptors (Lipinski definition) is 4. The highest BCUT2D eigenvalue weighted by atomic mass is 16.6. The largest absolute Gasteiger partial charge is 0.444 e. The van der Waals surface area contributed by atoms with Gasteiger partial charge in [-0.2, -0.15) is 0 Å². The number of nitrogens with zero attached hydrogens (tertiary/aromatic N) is 3. The van der Waals surface area contributed by atoms with Crippen LogP contribution in [0.25, 0.3) is 0 Å². The van der Waals surface area contributed by atoms with Crippen LogP contribution in [0.4, 0.5) is 4.79 Å². The molecule has 142 valence electrons. The van der Waals surface area contributed by atoms with Gasteiger partial charge in [-0.1, -0.05) is 0 Å². The van der Waals surface area contributed by atoms with E-state index in [1.807, 2.05) is 37.8 Å². The molecule has 1 aromatic rings. The van der Waals surface area contributed by atoms with Crippen LogP contribution in [0.15, 0.2) is 24.5 Å².